The van der Waals surface area contributed by atoms with Crippen molar-refractivity contribution >= 4 is 5.97 Å². The van der Waals surface area contributed by atoms with Crippen molar-refractivity contribution in [3.63, 3.8) is 0 Å². The SMILES string of the molecule is CCC[C@H](OC)[C@@H](COCc1ccccc1)OC(C)=O. The normalized spacial score (nSPS) is 13.8. The van der Waals surface area contributed by atoms with E-state index in [-0.39, 0.29) is 18.2 Å². The maximum Gasteiger partial charge on any atom is 0.303 e. The van der Waals surface area contributed by atoms with Gasteiger partial charge in [-0.15, -0.1) is 0 Å². The Balaban J connectivity index is 2.49. The summed E-state index contributed by atoms with van der Waals surface area (Å²) in [6.07, 6.45) is 1.32. The molecule has 0 aliphatic carbocycles. The zero-order valence-corrected chi connectivity index (χ0v) is 12.5. The van der Waals surface area contributed by atoms with Crippen LogP contribution in [0.1, 0.15) is 32.3 Å². The van der Waals surface area contributed by atoms with Gasteiger partial charge in [-0.05, 0) is 12.0 Å². The fourth-order valence-electron chi connectivity index (χ4n) is 2.04. The maximum absolute atomic E-state index is 11.2. The van der Waals surface area contributed by atoms with Gasteiger partial charge in [0.15, 0.2) is 6.10 Å². The van der Waals surface area contributed by atoms with E-state index < -0.39 is 0 Å². The Kier molecular flexibility index (Phi) is 7.92. The van der Waals surface area contributed by atoms with Gasteiger partial charge >= 0.3 is 5.97 Å². The van der Waals surface area contributed by atoms with Gasteiger partial charge in [-0.3, -0.25) is 4.79 Å². The third kappa shape index (κ3) is 6.17. The first-order valence-electron chi connectivity index (χ1n) is 6.99. The molecule has 0 spiro atoms. The van der Waals surface area contributed by atoms with E-state index in [1.807, 2.05) is 30.3 Å². The highest BCUT2D eigenvalue weighted by Gasteiger charge is 2.23. The Labute approximate surface area is 121 Å². The lowest BCUT2D eigenvalue weighted by Crippen LogP contribution is -2.36. The molecule has 0 saturated heterocycles. The van der Waals surface area contributed by atoms with Crippen molar-refractivity contribution in [2.75, 3.05) is 13.7 Å². The minimum Gasteiger partial charge on any atom is -0.457 e. The quantitative estimate of drug-likeness (QED) is 0.652. The van der Waals surface area contributed by atoms with Crippen LogP contribution < -0.4 is 0 Å². The Morgan fingerprint density at radius 2 is 1.90 bits per heavy atom. The molecular formula is C16H24O4. The fourth-order valence-corrected chi connectivity index (χ4v) is 2.04. The second-order valence-corrected chi connectivity index (χ2v) is 4.71. The third-order valence-corrected chi connectivity index (χ3v) is 3.00. The molecule has 0 unspecified atom stereocenters. The van der Waals surface area contributed by atoms with E-state index in [4.69, 9.17) is 14.2 Å². The molecular weight excluding hydrogens is 256 g/mol. The fraction of sp³-hybridized carbons (Fsp3) is 0.562. The highest BCUT2D eigenvalue weighted by molar-refractivity contribution is 5.66. The van der Waals surface area contributed by atoms with Crippen LogP contribution in [0, 0.1) is 0 Å². The van der Waals surface area contributed by atoms with E-state index in [1.54, 1.807) is 7.11 Å². The Morgan fingerprint density at radius 1 is 1.20 bits per heavy atom. The van der Waals surface area contributed by atoms with E-state index in [0.29, 0.717) is 13.2 Å². The first-order chi connectivity index (χ1) is 9.67. The third-order valence-electron chi connectivity index (χ3n) is 3.00. The molecule has 0 heterocycles. The van der Waals surface area contributed by atoms with Crippen molar-refractivity contribution < 1.29 is 19.0 Å². The van der Waals surface area contributed by atoms with Gasteiger partial charge in [0.05, 0.1) is 19.3 Å². The van der Waals surface area contributed by atoms with Crippen LogP contribution in [0.2, 0.25) is 0 Å². The Hall–Kier alpha value is -1.39. The van der Waals surface area contributed by atoms with E-state index >= 15 is 0 Å². The van der Waals surface area contributed by atoms with E-state index in [1.165, 1.54) is 6.92 Å². The van der Waals surface area contributed by atoms with Crippen LogP contribution in [0.25, 0.3) is 0 Å². The summed E-state index contributed by atoms with van der Waals surface area (Å²) >= 11 is 0. The van der Waals surface area contributed by atoms with Crippen LogP contribution in [0.15, 0.2) is 30.3 Å². The number of benzene rings is 1. The lowest BCUT2D eigenvalue weighted by atomic mass is 10.1. The average molecular weight is 280 g/mol. The monoisotopic (exact) mass is 280 g/mol. The Morgan fingerprint density at radius 3 is 2.45 bits per heavy atom. The van der Waals surface area contributed by atoms with Crippen LogP contribution in [0.3, 0.4) is 0 Å². The van der Waals surface area contributed by atoms with Gasteiger partial charge in [0.25, 0.3) is 0 Å². The molecule has 1 aromatic rings. The van der Waals surface area contributed by atoms with Gasteiger partial charge in [-0.1, -0.05) is 43.7 Å². The summed E-state index contributed by atoms with van der Waals surface area (Å²) in [5.41, 5.74) is 1.10. The summed E-state index contributed by atoms with van der Waals surface area (Å²) in [6, 6.07) is 9.91. The Bertz CT molecular complexity index is 377. The predicted molar refractivity (Wildman–Crippen MR) is 77.4 cm³/mol. The van der Waals surface area contributed by atoms with E-state index in [2.05, 4.69) is 6.92 Å². The number of hydrogen-bond acceptors (Lipinski definition) is 4. The van der Waals surface area contributed by atoms with Crippen molar-refractivity contribution in [1.82, 2.24) is 0 Å². The van der Waals surface area contributed by atoms with Gasteiger partial charge in [0.2, 0.25) is 0 Å². The van der Waals surface area contributed by atoms with Crippen molar-refractivity contribution in [2.24, 2.45) is 0 Å². The largest absolute Gasteiger partial charge is 0.457 e. The number of ether oxygens (including phenoxy) is 3. The van der Waals surface area contributed by atoms with E-state index in [9.17, 15) is 4.79 Å². The molecule has 112 valence electrons. The molecule has 1 rings (SSSR count). The number of rotatable bonds is 9. The highest BCUT2D eigenvalue weighted by Crippen LogP contribution is 2.12. The van der Waals surface area contributed by atoms with Gasteiger partial charge < -0.3 is 14.2 Å². The molecule has 2 atom stereocenters. The van der Waals surface area contributed by atoms with Crippen LogP contribution in [0.4, 0.5) is 0 Å². The van der Waals surface area contributed by atoms with Crippen molar-refractivity contribution in [3.8, 4) is 0 Å². The van der Waals surface area contributed by atoms with Crippen molar-refractivity contribution in [2.45, 2.75) is 45.5 Å². The summed E-state index contributed by atoms with van der Waals surface area (Å²) in [6.45, 7) is 4.32. The molecule has 20 heavy (non-hydrogen) atoms. The average Bonchev–Trinajstić information content (AvgIpc) is 2.44. The molecule has 0 aliphatic heterocycles. The number of hydrogen-bond donors (Lipinski definition) is 0. The van der Waals surface area contributed by atoms with Gasteiger partial charge in [0, 0.05) is 14.0 Å². The summed E-state index contributed by atoms with van der Waals surface area (Å²) in [7, 11) is 1.63. The van der Waals surface area contributed by atoms with Crippen molar-refractivity contribution in [3.05, 3.63) is 35.9 Å². The van der Waals surface area contributed by atoms with Crippen LogP contribution in [-0.4, -0.2) is 31.9 Å². The molecule has 0 bridgehead atoms. The van der Waals surface area contributed by atoms with Crippen molar-refractivity contribution in [1.29, 1.82) is 0 Å². The molecule has 4 nitrogen and oxygen atoms in total. The minimum atomic E-state index is -0.360. The topological polar surface area (TPSA) is 44.8 Å². The summed E-state index contributed by atoms with van der Waals surface area (Å²) in [5.74, 6) is -0.309. The van der Waals surface area contributed by atoms with Crippen LogP contribution in [0.5, 0.6) is 0 Å². The van der Waals surface area contributed by atoms with Gasteiger partial charge in [-0.2, -0.15) is 0 Å². The molecule has 0 radical (unpaired) electrons. The number of esters is 1. The number of methoxy groups -OCH3 is 1. The summed E-state index contributed by atoms with van der Waals surface area (Å²) in [5, 5.41) is 0. The standard InChI is InChI=1S/C16H24O4/c1-4-8-15(18-3)16(20-13(2)17)12-19-11-14-9-6-5-7-10-14/h5-7,9-10,15-16H,4,8,11-12H2,1-3H3/t15-,16+/m0/s1. The highest BCUT2D eigenvalue weighted by atomic mass is 16.6. The summed E-state index contributed by atoms with van der Waals surface area (Å²) in [4.78, 5) is 11.2. The first kappa shape index (κ1) is 16.7. The lowest BCUT2D eigenvalue weighted by Gasteiger charge is -2.25. The molecule has 0 fully saturated rings. The molecule has 0 N–H and O–H groups in total. The second kappa shape index (κ2) is 9.50. The van der Waals surface area contributed by atoms with Crippen LogP contribution in [-0.2, 0) is 25.6 Å². The molecule has 0 aliphatic rings. The molecule has 0 amide bonds. The van der Waals surface area contributed by atoms with Crippen LogP contribution >= 0.6 is 0 Å². The molecule has 1 aromatic carbocycles. The molecule has 4 heteroatoms. The minimum absolute atomic E-state index is 0.125. The maximum atomic E-state index is 11.2. The zero-order valence-electron chi connectivity index (χ0n) is 12.5. The molecule has 0 aromatic heterocycles. The van der Waals surface area contributed by atoms with Gasteiger partial charge in [-0.25, -0.2) is 0 Å². The first-order valence-corrected chi connectivity index (χ1v) is 6.99. The predicted octanol–water partition coefficient (Wildman–Crippen LogP) is 2.95. The zero-order chi connectivity index (χ0) is 14.8. The number of carbonyl (C=O) groups is 1. The van der Waals surface area contributed by atoms with Gasteiger partial charge in [0.1, 0.15) is 0 Å². The second-order valence-electron chi connectivity index (χ2n) is 4.71. The lowest BCUT2D eigenvalue weighted by molar-refractivity contribution is -0.159. The molecule has 0 saturated carbocycles. The summed E-state index contributed by atoms with van der Waals surface area (Å²) < 4.78 is 16.4. The smallest absolute Gasteiger partial charge is 0.303 e. The number of carbonyl (C=O) groups excluding carboxylic acids is 1. The van der Waals surface area contributed by atoms with E-state index in [0.717, 1.165) is 18.4 Å².